The molecule has 0 aliphatic rings. The molecule has 0 heterocycles. The van der Waals surface area contributed by atoms with Crippen LogP contribution in [-0.2, 0) is 26.4 Å². The Labute approximate surface area is 450 Å². The van der Waals surface area contributed by atoms with E-state index in [4.69, 9.17) is 18.9 Å². The molecular formula is C60H36BF16O4-. The van der Waals surface area contributed by atoms with E-state index in [9.17, 15) is 0 Å². The Kier molecular flexibility index (Phi) is 17.0. The van der Waals surface area contributed by atoms with E-state index in [0.29, 0.717) is 22.3 Å². The van der Waals surface area contributed by atoms with Crippen molar-refractivity contribution >= 4 is 52.3 Å². The molecule has 0 unspecified atom stereocenters. The van der Waals surface area contributed by atoms with Crippen LogP contribution in [0, 0.1) is 93.1 Å². The zero-order chi connectivity index (χ0) is 58.8. The molecule has 0 saturated carbocycles. The molecule has 0 aliphatic carbocycles. The van der Waals surface area contributed by atoms with E-state index in [-0.39, 0.29) is 22.3 Å². The minimum Gasteiger partial charge on any atom is -0.483 e. The fourth-order valence-corrected chi connectivity index (χ4v) is 9.03. The van der Waals surface area contributed by atoms with Crippen LogP contribution in [0.1, 0.15) is 44.5 Å². The monoisotopic (exact) mass is 1140 g/mol. The van der Waals surface area contributed by atoms with Gasteiger partial charge >= 0.3 is 0 Å². The smallest absolute Gasteiger partial charge is 0.200 e. The molecule has 0 N–H and O–H groups in total. The molecule has 416 valence electrons. The molecule has 0 aliphatic heterocycles. The Morgan fingerprint density at radius 1 is 0.247 bits per heavy atom. The molecule has 4 nitrogen and oxygen atoms in total. The van der Waals surface area contributed by atoms with Crippen molar-refractivity contribution in [1.82, 2.24) is 0 Å². The van der Waals surface area contributed by atoms with Crippen LogP contribution in [0.25, 0.3) is 24.3 Å². The lowest BCUT2D eigenvalue weighted by Gasteiger charge is -2.45. The normalized spacial score (nSPS) is 11.4. The lowest BCUT2D eigenvalue weighted by Crippen LogP contribution is -2.81. The number of hydrogen-bond acceptors (Lipinski definition) is 4. The van der Waals surface area contributed by atoms with Gasteiger partial charge < -0.3 is 18.9 Å². The van der Waals surface area contributed by atoms with Crippen LogP contribution < -0.4 is 40.8 Å². The second-order valence-corrected chi connectivity index (χ2v) is 17.8. The van der Waals surface area contributed by atoms with Crippen LogP contribution in [0.2, 0.25) is 0 Å². The Morgan fingerprint density at radius 3 is 0.531 bits per heavy atom. The molecule has 0 atom stereocenters. The summed E-state index contributed by atoms with van der Waals surface area (Å²) in [7, 11) is 0. The molecule has 0 fully saturated rings. The van der Waals surface area contributed by atoms with Crippen LogP contribution in [-0.4, -0.2) is 6.15 Å². The largest absolute Gasteiger partial charge is 0.483 e. The molecule has 0 aromatic heterocycles. The molecular weight excluding hydrogens is 1100 g/mol. The molecule has 0 radical (unpaired) electrons. The minimum atomic E-state index is -7.08. The molecule has 0 saturated heterocycles. The minimum absolute atomic E-state index is 0.0219. The Morgan fingerprint density at radius 2 is 0.395 bits per heavy atom. The highest BCUT2D eigenvalue weighted by Gasteiger charge is 2.53. The van der Waals surface area contributed by atoms with Gasteiger partial charge in [0.05, 0.1) is 0 Å². The SMILES string of the molecule is C=Cc1ccc(COc2c(F)c(F)c([B-](c3c(F)c(F)c(OCc4ccc(C=C)cc4)c(F)c3F)(c3c(F)c(F)c(OCc4ccc(C=C)cc4)c(F)c3F)c3c(F)c(F)c(OCc4ccc(C=C)cc4)c(F)c3F)c(F)c2F)cc1. The third-order valence-electron chi connectivity index (χ3n) is 13.2. The van der Waals surface area contributed by atoms with Crippen LogP contribution in [0.15, 0.2) is 123 Å². The zero-order valence-corrected chi connectivity index (χ0v) is 41.5. The highest BCUT2D eigenvalue weighted by Crippen LogP contribution is 2.38. The zero-order valence-electron chi connectivity index (χ0n) is 41.5. The standard InChI is InChI=1S/C60H36BF16O4/c1-5-29-9-17-33(18-10-29)25-78-57-49(70)41(62)37(42(63)50(57)71)61(38-43(64)51(72)58(52(73)44(38)65)79-26-34-19-11-30(6-2)12-20-34,39-45(66)53(74)59(54(75)46(39)67)80-27-35-21-13-31(7-3)14-22-35)40-47(68)55(76)60(56(77)48(40)69)81-28-36-23-15-32(8-4)16-24-36/h5-24H,1-4,25-28H2/q-1. The summed E-state index contributed by atoms with van der Waals surface area (Å²) in [5.41, 5.74) is -11.0. The maximum absolute atomic E-state index is 17.6. The second-order valence-electron chi connectivity index (χ2n) is 17.8. The van der Waals surface area contributed by atoms with Crippen molar-refractivity contribution in [3.8, 4) is 23.0 Å². The van der Waals surface area contributed by atoms with Gasteiger partial charge in [-0.2, -0.15) is 35.1 Å². The quantitative estimate of drug-likeness (QED) is 0.0433. The van der Waals surface area contributed by atoms with Crippen molar-refractivity contribution in [1.29, 1.82) is 0 Å². The Bertz CT molecular complexity index is 3180. The van der Waals surface area contributed by atoms with E-state index >= 15 is 70.2 Å². The summed E-state index contributed by atoms with van der Waals surface area (Å²) in [6.45, 7) is 10.0. The maximum atomic E-state index is 17.6. The molecule has 8 aromatic carbocycles. The van der Waals surface area contributed by atoms with Crippen molar-refractivity contribution in [2.75, 3.05) is 0 Å². The van der Waals surface area contributed by atoms with Gasteiger partial charge in [-0.15, -0.1) is 21.9 Å². The van der Waals surface area contributed by atoms with E-state index in [1.807, 2.05) is 0 Å². The van der Waals surface area contributed by atoms with E-state index in [2.05, 4.69) is 26.3 Å². The van der Waals surface area contributed by atoms with Crippen molar-refractivity contribution < 1.29 is 89.2 Å². The first-order chi connectivity index (χ1) is 38.7. The van der Waals surface area contributed by atoms with Crippen LogP contribution in [0.4, 0.5) is 70.2 Å². The third-order valence-corrected chi connectivity index (χ3v) is 13.2. The van der Waals surface area contributed by atoms with Crippen LogP contribution >= 0.6 is 0 Å². The molecule has 8 aromatic rings. The van der Waals surface area contributed by atoms with Crippen molar-refractivity contribution in [3.63, 3.8) is 0 Å². The van der Waals surface area contributed by atoms with E-state index in [0.717, 1.165) is 0 Å². The Balaban J connectivity index is 1.50. The molecule has 21 heteroatoms. The van der Waals surface area contributed by atoms with E-state index < -0.39 is 170 Å². The average Bonchev–Trinajstić information content (AvgIpc) is 3.57. The fourth-order valence-electron chi connectivity index (χ4n) is 9.03. The molecule has 81 heavy (non-hydrogen) atoms. The topological polar surface area (TPSA) is 36.9 Å². The van der Waals surface area contributed by atoms with Gasteiger partial charge in [-0.3, -0.25) is 0 Å². The first-order valence-electron chi connectivity index (χ1n) is 23.6. The number of halogens is 16. The number of rotatable bonds is 20. The summed E-state index contributed by atoms with van der Waals surface area (Å²) < 4.78 is 295. The predicted octanol–water partition coefficient (Wildman–Crippen LogP) is 14.2. The lowest BCUT2D eigenvalue weighted by molar-refractivity contribution is 0.261. The van der Waals surface area contributed by atoms with Gasteiger partial charge in [0.2, 0.25) is 46.5 Å². The summed E-state index contributed by atoms with van der Waals surface area (Å²) in [5.74, 6) is -58.7. The van der Waals surface area contributed by atoms with Crippen molar-refractivity contribution in [2.45, 2.75) is 26.4 Å². The molecule has 0 bridgehead atoms. The first-order valence-corrected chi connectivity index (χ1v) is 23.6. The predicted molar refractivity (Wildman–Crippen MR) is 273 cm³/mol. The van der Waals surface area contributed by atoms with Gasteiger partial charge in [0.25, 0.3) is 0 Å². The van der Waals surface area contributed by atoms with Crippen LogP contribution in [0.3, 0.4) is 0 Å². The number of benzene rings is 8. The number of hydrogen-bond donors (Lipinski definition) is 0. The summed E-state index contributed by atoms with van der Waals surface area (Å²) in [5, 5.41) is 0. The van der Waals surface area contributed by atoms with E-state index in [1.165, 1.54) is 121 Å². The summed E-state index contributed by atoms with van der Waals surface area (Å²) in [4.78, 5) is 0. The fraction of sp³-hybridized carbons (Fsp3) is 0.0667. The van der Waals surface area contributed by atoms with Gasteiger partial charge in [0, 0.05) is 0 Å². The van der Waals surface area contributed by atoms with Gasteiger partial charge in [-0.05, 0) is 44.5 Å². The highest BCUT2D eigenvalue weighted by molar-refractivity contribution is 7.20. The maximum Gasteiger partial charge on any atom is 0.200 e. The second kappa shape index (κ2) is 23.7. The summed E-state index contributed by atoms with van der Waals surface area (Å²) in [6.07, 6.45) is -1.65. The molecule has 0 amide bonds. The summed E-state index contributed by atoms with van der Waals surface area (Å²) in [6, 6.07) is 20.9. The van der Waals surface area contributed by atoms with E-state index in [1.54, 1.807) is 0 Å². The van der Waals surface area contributed by atoms with Crippen molar-refractivity contribution in [3.05, 3.63) is 261 Å². The van der Waals surface area contributed by atoms with Gasteiger partial charge in [0.1, 0.15) is 79.1 Å². The first kappa shape index (κ1) is 58.0. The summed E-state index contributed by atoms with van der Waals surface area (Å²) >= 11 is 0. The van der Waals surface area contributed by atoms with Gasteiger partial charge in [-0.1, -0.05) is 148 Å². The molecule has 0 spiro atoms. The van der Waals surface area contributed by atoms with Gasteiger partial charge in [-0.25, -0.2) is 35.1 Å². The van der Waals surface area contributed by atoms with Crippen molar-refractivity contribution in [2.24, 2.45) is 0 Å². The molecule has 8 rings (SSSR count). The highest BCUT2D eigenvalue weighted by atomic mass is 19.2. The van der Waals surface area contributed by atoms with Crippen LogP contribution in [0.5, 0.6) is 23.0 Å². The third kappa shape index (κ3) is 10.5. The lowest BCUT2D eigenvalue weighted by atomic mass is 9.12. The number of ether oxygens (including phenoxy) is 4. The van der Waals surface area contributed by atoms with Gasteiger partial charge in [0.15, 0.2) is 23.0 Å². The Hall–Kier alpha value is -9.14. The average molecular weight is 1140 g/mol.